The molecule has 0 amide bonds. The summed E-state index contributed by atoms with van der Waals surface area (Å²) in [7, 11) is 0. The third-order valence-corrected chi connectivity index (χ3v) is 6.24. The van der Waals surface area contributed by atoms with Gasteiger partial charge in [-0.3, -0.25) is 14.3 Å². The number of rotatable bonds is 5. The number of nitrogens with one attached hydrogen (secondary N) is 1. The lowest BCUT2D eigenvalue weighted by molar-refractivity contribution is -0.255. The zero-order valence-corrected chi connectivity index (χ0v) is 18.9. The van der Waals surface area contributed by atoms with Crippen LogP contribution in [0.3, 0.4) is 0 Å². The van der Waals surface area contributed by atoms with Crippen molar-refractivity contribution in [1.82, 2.24) is 9.55 Å². The Bertz CT molecular complexity index is 1360. The summed E-state index contributed by atoms with van der Waals surface area (Å²) >= 11 is 6.89. The van der Waals surface area contributed by atoms with Crippen molar-refractivity contribution in [2.45, 2.75) is 37.2 Å². The van der Waals surface area contributed by atoms with Crippen LogP contribution in [-0.4, -0.2) is 32.5 Å². The molecule has 0 bridgehead atoms. The summed E-state index contributed by atoms with van der Waals surface area (Å²) < 4.78 is 13.0. The van der Waals surface area contributed by atoms with Gasteiger partial charge in [0.05, 0.1) is 11.5 Å². The van der Waals surface area contributed by atoms with Crippen molar-refractivity contribution in [2.75, 3.05) is 0 Å². The Kier molecular flexibility index (Phi) is 6.16. The van der Waals surface area contributed by atoms with Gasteiger partial charge < -0.3 is 19.4 Å². The van der Waals surface area contributed by atoms with Gasteiger partial charge in [0, 0.05) is 17.8 Å². The van der Waals surface area contributed by atoms with E-state index in [9.17, 15) is 24.3 Å². The number of esters is 1. The van der Waals surface area contributed by atoms with Crippen LogP contribution in [0.5, 0.6) is 0 Å². The molecule has 0 aliphatic carbocycles. The minimum absolute atomic E-state index is 0.0600. The molecule has 1 aromatic heterocycles. The first kappa shape index (κ1) is 23.5. The third-order valence-electron chi connectivity index (χ3n) is 5.84. The molecule has 10 heteroatoms. The summed E-state index contributed by atoms with van der Waals surface area (Å²) in [4.78, 5) is 49.2. The monoisotopic (exact) mass is 483 g/mol. The number of halogens is 1. The largest absolute Gasteiger partial charge is 0.545 e. The van der Waals surface area contributed by atoms with E-state index in [0.29, 0.717) is 11.1 Å². The zero-order valence-electron chi connectivity index (χ0n) is 18.2. The van der Waals surface area contributed by atoms with Gasteiger partial charge in [0.1, 0.15) is 11.0 Å². The second-order valence-corrected chi connectivity index (χ2v) is 8.89. The molecular formula is C24H20ClN2O7-. The number of H-pyrrole nitrogens is 1. The van der Waals surface area contributed by atoms with E-state index >= 15 is 0 Å². The number of hydrogen-bond donors (Lipinski definition) is 1. The Hall–Kier alpha value is -3.69. The smallest absolute Gasteiger partial charge is 0.338 e. The third kappa shape index (κ3) is 4.15. The number of carbonyl (C=O) groups is 2. The molecule has 0 radical (unpaired) electrons. The summed E-state index contributed by atoms with van der Waals surface area (Å²) in [5.41, 5.74) is -0.404. The number of aromatic carboxylic acids is 1. The van der Waals surface area contributed by atoms with Gasteiger partial charge in [0.2, 0.25) is 0 Å². The predicted octanol–water partition coefficient (Wildman–Crippen LogP) is 1.70. The molecule has 0 spiro atoms. The van der Waals surface area contributed by atoms with Gasteiger partial charge in [-0.1, -0.05) is 36.4 Å². The fourth-order valence-corrected chi connectivity index (χ4v) is 4.40. The number of aromatic amines is 1. The highest BCUT2D eigenvalue weighted by Crippen LogP contribution is 2.51. The number of carboxylic acid groups (broad SMARTS) is 1. The van der Waals surface area contributed by atoms with Gasteiger partial charge in [-0.25, -0.2) is 9.59 Å². The Morgan fingerprint density at radius 3 is 2.47 bits per heavy atom. The summed E-state index contributed by atoms with van der Waals surface area (Å²) in [6.45, 7) is 3.11. The molecule has 1 N–H and O–H groups in total. The molecule has 34 heavy (non-hydrogen) atoms. The first-order valence-corrected chi connectivity index (χ1v) is 10.7. The quantitative estimate of drug-likeness (QED) is 0.431. The summed E-state index contributed by atoms with van der Waals surface area (Å²) in [5, 5.41) is 11.6. The molecule has 1 aliphatic heterocycles. The van der Waals surface area contributed by atoms with Crippen LogP contribution < -0.4 is 16.4 Å². The number of hydrogen-bond acceptors (Lipinski definition) is 7. The molecule has 1 fully saturated rings. The minimum atomic E-state index is -1.49. The van der Waals surface area contributed by atoms with Crippen LogP contribution in [0.4, 0.5) is 0 Å². The summed E-state index contributed by atoms with van der Waals surface area (Å²) in [5.74, 6) is -2.05. The molecular weight excluding hydrogens is 464 g/mol. The van der Waals surface area contributed by atoms with Crippen LogP contribution in [0, 0.1) is 6.92 Å². The van der Waals surface area contributed by atoms with Crippen molar-refractivity contribution in [3.05, 3.63) is 104 Å². The second kappa shape index (κ2) is 8.92. The van der Waals surface area contributed by atoms with Crippen LogP contribution in [0.15, 0.2) is 70.4 Å². The van der Waals surface area contributed by atoms with Crippen LogP contribution in [0.2, 0.25) is 0 Å². The summed E-state index contributed by atoms with van der Waals surface area (Å²) in [6, 6.07) is 13.9. The van der Waals surface area contributed by atoms with Gasteiger partial charge >= 0.3 is 11.7 Å². The number of alkyl halides is 1. The lowest BCUT2D eigenvalue weighted by Crippen LogP contribution is -2.43. The number of nitrogens with zero attached hydrogens (tertiary/aromatic N) is 1. The standard InChI is InChI=1S/C24H21ClN2O7/c1-13-15(9-6-10-16(13)20(29)30)18-19(34-21(31)14-7-4-3-5-8-14)24(2,25)22(33-18)27-12-11-17(28)26-23(27)32/h3-12,18-19,22H,1-2H3,(H,29,30)(H,26,28,32)/p-1/t18-,19-,22-,24-/m1/s1. The normalized spacial score (nSPS) is 24.0. The van der Waals surface area contributed by atoms with Crippen LogP contribution >= 0.6 is 11.6 Å². The van der Waals surface area contributed by atoms with Crippen molar-refractivity contribution < 1.29 is 24.2 Å². The maximum absolute atomic E-state index is 12.9. The molecule has 0 saturated carbocycles. The van der Waals surface area contributed by atoms with E-state index in [2.05, 4.69) is 4.98 Å². The van der Waals surface area contributed by atoms with Crippen molar-refractivity contribution >= 4 is 23.5 Å². The van der Waals surface area contributed by atoms with Gasteiger partial charge in [-0.2, -0.15) is 0 Å². The number of carboxylic acids is 1. The van der Waals surface area contributed by atoms with Gasteiger partial charge in [0.25, 0.3) is 5.56 Å². The molecule has 176 valence electrons. The van der Waals surface area contributed by atoms with E-state index < -0.39 is 46.5 Å². The average molecular weight is 484 g/mol. The lowest BCUT2D eigenvalue weighted by Gasteiger charge is -2.29. The molecule has 4 atom stereocenters. The molecule has 1 saturated heterocycles. The first-order chi connectivity index (χ1) is 16.1. The Labute approximate surface area is 198 Å². The van der Waals surface area contributed by atoms with E-state index in [-0.39, 0.29) is 11.1 Å². The molecule has 9 nitrogen and oxygen atoms in total. The lowest BCUT2D eigenvalue weighted by atomic mass is 9.91. The molecule has 2 aromatic carbocycles. The first-order valence-electron chi connectivity index (χ1n) is 10.3. The van der Waals surface area contributed by atoms with Crippen molar-refractivity contribution in [3.8, 4) is 0 Å². The number of carbonyl (C=O) groups excluding carboxylic acids is 2. The van der Waals surface area contributed by atoms with E-state index in [1.54, 1.807) is 43.3 Å². The highest BCUT2D eigenvalue weighted by atomic mass is 35.5. The number of benzene rings is 2. The van der Waals surface area contributed by atoms with Crippen LogP contribution in [0.25, 0.3) is 0 Å². The van der Waals surface area contributed by atoms with Gasteiger partial charge in [-0.05, 0) is 37.1 Å². The SMILES string of the molecule is Cc1c(C(=O)[O-])cccc1[C@H]1O[C@@H](n2ccc(=O)[nH]c2=O)[C@](C)(Cl)[C@@H]1OC(=O)c1ccccc1. The zero-order chi connectivity index (χ0) is 24.6. The Morgan fingerprint density at radius 1 is 1.12 bits per heavy atom. The second-order valence-electron chi connectivity index (χ2n) is 8.08. The van der Waals surface area contributed by atoms with Gasteiger partial charge in [0.15, 0.2) is 12.3 Å². The summed E-state index contributed by atoms with van der Waals surface area (Å²) in [6.07, 6.45) is -2.10. The number of ether oxygens (including phenoxy) is 2. The van der Waals surface area contributed by atoms with Crippen LogP contribution in [-0.2, 0) is 9.47 Å². The maximum Gasteiger partial charge on any atom is 0.338 e. The Morgan fingerprint density at radius 2 is 1.82 bits per heavy atom. The molecule has 2 heterocycles. The minimum Gasteiger partial charge on any atom is -0.545 e. The molecule has 0 unspecified atom stereocenters. The van der Waals surface area contributed by atoms with E-state index in [1.807, 2.05) is 0 Å². The Balaban J connectivity index is 1.83. The van der Waals surface area contributed by atoms with E-state index in [0.717, 1.165) is 10.6 Å². The highest BCUT2D eigenvalue weighted by Gasteiger charge is 2.57. The number of aromatic nitrogens is 2. The average Bonchev–Trinajstić information content (AvgIpc) is 3.04. The van der Waals surface area contributed by atoms with E-state index in [4.69, 9.17) is 21.1 Å². The predicted molar refractivity (Wildman–Crippen MR) is 120 cm³/mol. The molecule has 1 aliphatic rings. The maximum atomic E-state index is 12.9. The van der Waals surface area contributed by atoms with Crippen molar-refractivity contribution in [3.63, 3.8) is 0 Å². The fraction of sp³-hybridized carbons (Fsp3) is 0.250. The fourth-order valence-electron chi connectivity index (χ4n) is 4.08. The van der Waals surface area contributed by atoms with Gasteiger partial charge in [-0.15, -0.1) is 11.6 Å². The van der Waals surface area contributed by atoms with Crippen LogP contribution in [0.1, 0.15) is 51.1 Å². The van der Waals surface area contributed by atoms with Crippen molar-refractivity contribution in [2.24, 2.45) is 0 Å². The highest BCUT2D eigenvalue weighted by molar-refractivity contribution is 6.24. The molecule has 3 aromatic rings. The van der Waals surface area contributed by atoms with Crippen molar-refractivity contribution in [1.29, 1.82) is 0 Å². The molecule has 4 rings (SSSR count). The topological polar surface area (TPSA) is 131 Å². The van der Waals surface area contributed by atoms with E-state index in [1.165, 1.54) is 25.3 Å².